The molecule has 1 heterocycles. The molecule has 0 spiro atoms. The minimum atomic E-state index is -1.00. The number of anilines is 1. The Morgan fingerprint density at radius 1 is 1.05 bits per heavy atom. The van der Waals surface area contributed by atoms with Crippen LogP contribution in [0.15, 0.2) is 46.0 Å². The fraction of sp³-hybridized carbons (Fsp3) is 0.333. The highest BCUT2D eigenvalue weighted by molar-refractivity contribution is 9.10. The molecule has 9 nitrogen and oxygen atoms in total. The second-order valence-electron chi connectivity index (χ2n) is 9.29. The topological polar surface area (TPSA) is 115 Å². The van der Waals surface area contributed by atoms with Gasteiger partial charge in [0, 0.05) is 10.4 Å². The van der Waals surface area contributed by atoms with Crippen molar-refractivity contribution in [1.29, 1.82) is 0 Å². The van der Waals surface area contributed by atoms with Gasteiger partial charge in [0.2, 0.25) is 0 Å². The van der Waals surface area contributed by atoms with Gasteiger partial charge in [-0.25, -0.2) is 14.6 Å². The van der Waals surface area contributed by atoms with Gasteiger partial charge in [0.1, 0.15) is 17.4 Å². The number of fused-ring (bicyclic) bond motifs is 1. The van der Waals surface area contributed by atoms with Gasteiger partial charge in [-0.2, -0.15) is 5.10 Å². The number of hydrogen-bond acceptors (Lipinski definition) is 8. The number of thiophene rings is 1. The van der Waals surface area contributed by atoms with Crippen LogP contribution in [0.25, 0.3) is 0 Å². The fourth-order valence-electron chi connectivity index (χ4n) is 4.46. The van der Waals surface area contributed by atoms with E-state index in [-0.39, 0.29) is 19.0 Å². The molecule has 2 N–H and O–H groups in total. The lowest BCUT2D eigenvalue weighted by molar-refractivity contribution is -0.136. The van der Waals surface area contributed by atoms with E-state index in [0.29, 0.717) is 44.3 Å². The molecule has 1 aliphatic rings. The van der Waals surface area contributed by atoms with E-state index < -0.39 is 17.8 Å². The van der Waals surface area contributed by atoms with E-state index in [9.17, 15) is 18.8 Å². The Morgan fingerprint density at radius 3 is 2.60 bits per heavy atom. The van der Waals surface area contributed by atoms with Gasteiger partial charge in [-0.15, -0.1) is 11.3 Å². The largest absolute Gasteiger partial charge is 0.490 e. The average Bonchev–Trinajstić information content (AvgIpc) is 3.13. The van der Waals surface area contributed by atoms with Crippen LogP contribution in [-0.2, 0) is 33.8 Å². The molecule has 0 saturated heterocycles. The molecule has 42 heavy (non-hydrogen) atoms. The SMILES string of the molecule is CCOC(=O)c1c(NC(=O)C(=O)N/N=C/c2cc(Br)c(OCc3ccccc3F)c(OCC)c2)sc2c1CCCCC2. The van der Waals surface area contributed by atoms with Gasteiger partial charge in [-0.1, -0.05) is 24.6 Å². The van der Waals surface area contributed by atoms with E-state index in [2.05, 4.69) is 31.8 Å². The summed E-state index contributed by atoms with van der Waals surface area (Å²) in [7, 11) is 0. The summed E-state index contributed by atoms with van der Waals surface area (Å²) in [5.74, 6) is -2.07. The van der Waals surface area contributed by atoms with Gasteiger partial charge >= 0.3 is 17.8 Å². The number of nitrogens with zero attached hydrogens (tertiary/aromatic N) is 1. The molecule has 222 valence electrons. The highest BCUT2D eigenvalue weighted by Crippen LogP contribution is 2.39. The van der Waals surface area contributed by atoms with Crippen molar-refractivity contribution in [3.05, 3.63) is 73.8 Å². The van der Waals surface area contributed by atoms with Crippen LogP contribution in [0, 0.1) is 5.82 Å². The molecule has 0 bridgehead atoms. The zero-order valence-electron chi connectivity index (χ0n) is 23.3. The average molecular weight is 661 g/mol. The summed E-state index contributed by atoms with van der Waals surface area (Å²) in [5.41, 5.74) is 4.36. The molecule has 3 aromatic rings. The second kappa shape index (κ2) is 14.9. The maximum atomic E-state index is 14.0. The van der Waals surface area contributed by atoms with Crippen LogP contribution in [-0.4, -0.2) is 37.2 Å². The Labute approximate surface area is 255 Å². The Morgan fingerprint density at radius 2 is 1.83 bits per heavy atom. The van der Waals surface area contributed by atoms with Crippen molar-refractivity contribution in [3.8, 4) is 11.5 Å². The first kappa shape index (κ1) is 31.2. The minimum absolute atomic E-state index is 0.00490. The van der Waals surface area contributed by atoms with Crippen molar-refractivity contribution in [1.82, 2.24) is 5.43 Å². The fourth-order valence-corrected chi connectivity index (χ4v) is 6.30. The number of ether oxygens (including phenoxy) is 3. The van der Waals surface area contributed by atoms with Crippen molar-refractivity contribution in [2.24, 2.45) is 5.10 Å². The number of rotatable bonds is 10. The van der Waals surface area contributed by atoms with Crippen LogP contribution >= 0.6 is 27.3 Å². The van der Waals surface area contributed by atoms with Crippen LogP contribution in [0.1, 0.15) is 65.0 Å². The molecule has 12 heteroatoms. The number of benzene rings is 2. The molecule has 0 aliphatic heterocycles. The summed E-state index contributed by atoms with van der Waals surface area (Å²) in [6.07, 6.45) is 5.88. The van der Waals surface area contributed by atoms with Crippen molar-refractivity contribution in [2.45, 2.75) is 52.6 Å². The third-order valence-corrected chi connectivity index (χ3v) is 8.17. The van der Waals surface area contributed by atoms with E-state index in [4.69, 9.17) is 14.2 Å². The normalized spacial score (nSPS) is 12.8. The molecular weight excluding hydrogens is 629 g/mol. The first-order valence-electron chi connectivity index (χ1n) is 13.6. The van der Waals surface area contributed by atoms with Gasteiger partial charge in [-0.05, 0) is 84.8 Å². The zero-order chi connectivity index (χ0) is 30.1. The van der Waals surface area contributed by atoms with Crippen LogP contribution in [0.5, 0.6) is 11.5 Å². The van der Waals surface area contributed by atoms with Crippen LogP contribution < -0.4 is 20.2 Å². The molecule has 0 radical (unpaired) electrons. The van der Waals surface area contributed by atoms with Gasteiger partial charge in [-0.3, -0.25) is 9.59 Å². The number of halogens is 2. The third-order valence-electron chi connectivity index (χ3n) is 6.38. The van der Waals surface area contributed by atoms with E-state index in [1.165, 1.54) is 23.6 Å². The lowest BCUT2D eigenvalue weighted by atomic mass is 10.1. The number of carbonyl (C=O) groups is 3. The Bertz CT molecular complexity index is 1490. The Balaban J connectivity index is 1.43. The van der Waals surface area contributed by atoms with Crippen LogP contribution in [0.4, 0.5) is 9.39 Å². The summed E-state index contributed by atoms with van der Waals surface area (Å²) in [6.45, 7) is 4.07. The summed E-state index contributed by atoms with van der Waals surface area (Å²) in [5, 5.41) is 6.78. The summed E-state index contributed by atoms with van der Waals surface area (Å²) in [4.78, 5) is 39.0. The van der Waals surface area contributed by atoms with Crippen molar-refractivity contribution in [3.63, 3.8) is 0 Å². The number of hydrogen-bond donors (Lipinski definition) is 2. The van der Waals surface area contributed by atoms with Crippen LogP contribution in [0.2, 0.25) is 0 Å². The van der Waals surface area contributed by atoms with E-state index in [0.717, 1.165) is 42.5 Å². The number of amides is 2. The van der Waals surface area contributed by atoms with Gasteiger partial charge < -0.3 is 19.5 Å². The van der Waals surface area contributed by atoms with Gasteiger partial charge in [0.05, 0.1) is 29.5 Å². The molecule has 4 rings (SSSR count). The van der Waals surface area contributed by atoms with E-state index >= 15 is 0 Å². The molecule has 1 aromatic heterocycles. The quantitative estimate of drug-likeness (QED) is 0.0885. The lowest BCUT2D eigenvalue weighted by Gasteiger charge is -2.15. The number of aryl methyl sites for hydroxylation is 1. The number of nitrogens with one attached hydrogen (secondary N) is 2. The highest BCUT2D eigenvalue weighted by Gasteiger charge is 2.28. The number of esters is 1. The first-order valence-corrected chi connectivity index (χ1v) is 15.2. The first-order chi connectivity index (χ1) is 20.3. The van der Waals surface area contributed by atoms with Crippen LogP contribution in [0.3, 0.4) is 0 Å². The molecule has 0 atom stereocenters. The Kier molecular flexibility index (Phi) is 11.1. The second-order valence-corrected chi connectivity index (χ2v) is 11.2. The molecular formula is C30H31BrFN3O6S. The van der Waals surface area contributed by atoms with Gasteiger partial charge in [0.15, 0.2) is 11.5 Å². The smallest absolute Gasteiger partial charge is 0.341 e. The predicted octanol–water partition coefficient (Wildman–Crippen LogP) is 6.16. The molecule has 2 amide bonds. The number of hydrazone groups is 1. The molecule has 0 unspecified atom stereocenters. The molecule has 1 aliphatic carbocycles. The monoisotopic (exact) mass is 659 g/mol. The maximum absolute atomic E-state index is 14.0. The highest BCUT2D eigenvalue weighted by atomic mass is 79.9. The summed E-state index contributed by atoms with van der Waals surface area (Å²) < 4.78 is 31.3. The van der Waals surface area contributed by atoms with Gasteiger partial charge in [0.25, 0.3) is 0 Å². The zero-order valence-corrected chi connectivity index (χ0v) is 25.7. The lowest BCUT2D eigenvalue weighted by Crippen LogP contribution is -2.32. The molecule has 2 aromatic carbocycles. The standard InChI is InChI=1S/C30H31BrFN3O6S/c1-3-39-23-15-18(14-21(31)26(23)41-17-19-10-8-9-12-22(19)32)16-33-35-28(37)27(36)34-29-25(30(38)40-4-2)20-11-6-5-7-13-24(20)42-29/h8-10,12,14-16H,3-7,11,13,17H2,1-2H3,(H,34,36)(H,35,37)/b33-16+. The summed E-state index contributed by atoms with van der Waals surface area (Å²) >= 11 is 4.76. The minimum Gasteiger partial charge on any atom is -0.490 e. The molecule has 0 saturated carbocycles. The summed E-state index contributed by atoms with van der Waals surface area (Å²) in [6, 6.07) is 9.65. The van der Waals surface area contributed by atoms with Crippen molar-refractivity contribution < 1.29 is 33.0 Å². The third kappa shape index (κ3) is 7.74. The van der Waals surface area contributed by atoms with E-state index in [1.807, 2.05) is 6.92 Å². The predicted molar refractivity (Wildman–Crippen MR) is 162 cm³/mol. The van der Waals surface area contributed by atoms with E-state index in [1.54, 1.807) is 37.3 Å². The van der Waals surface area contributed by atoms with Crippen molar-refractivity contribution in [2.75, 3.05) is 18.5 Å². The Hall–Kier alpha value is -3.77. The maximum Gasteiger partial charge on any atom is 0.341 e. The number of carbonyl (C=O) groups excluding carboxylic acids is 3. The van der Waals surface area contributed by atoms with Crippen molar-refractivity contribution >= 4 is 56.3 Å². The molecule has 0 fully saturated rings.